The maximum atomic E-state index is 10.9. The molecule has 2 aliphatic rings. The topological polar surface area (TPSA) is 29.1 Å². The zero-order valence-electron chi connectivity index (χ0n) is 6.55. The van der Waals surface area contributed by atoms with Gasteiger partial charge in [0.1, 0.15) is 0 Å². The Morgan fingerprint density at radius 2 is 2.00 bits per heavy atom. The van der Waals surface area contributed by atoms with Crippen molar-refractivity contribution in [3.8, 4) is 0 Å². The smallest absolute Gasteiger partial charge is 0.220 e. The van der Waals surface area contributed by atoms with Crippen LogP contribution >= 0.6 is 0 Å². The highest BCUT2D eigenvalue weighted by Crippen LogP contribution is 2.30. The van der Waals surface area contributed by atoms with Crippen molar-refractivity contribution in [2.75, 3.05) is 6.54 Å². The quantitative estimate of drug-likeness (QED) is 0.558. The number of carbonyl (C=O) groups excluding carboxylic acids is 1. The summed E-state index contributed by atoms with van der Waals surface area (Å²) >= 11 is 0. The summed E-state index contributed by atoms with van der Waals surface area (Å²) in [5.41, 5.74) is 0. The summed E-state index contributed by atoms with van der Waals surface area (Å²) in [5.74, 6) is 1.59. The van der Waals surface area contributed by atoms with Crippen molar-refractivity contribution in [1.82, 2.24) is 5.32 Å². The second kappa shape index (κ2) is 2.68. The fourth-order valence-corrected chi connectivity index (χ4v) is 1.98. The van der Waals surface area contributed by atoms with Crippen LogP contribution in [0.3, 0.4) is 0 Å². The van der Waals surface area contributed by atoms with Gasteiger partial charge in [-0.3, -0.25) is 4.79 Å². The zero-order chi connectivity index (χ0) is 7.68. The highest BCUT2D eigenvalue weighted by atomic mass is 16.1. The Hall–Kier alpha value is -0.790. The molecule has 1 aliphatic heterocycles. The van der Waals surface area contributed by atoms with Gasteiger partial charge in [0.05, 0.1) is 0 Å². The summed E-state index contributed by atoms with van der Waals surface area (Å²) in [7, 11) is 0. The van der Waals surface area contributed by atoms with Gasteiger partial charge >= 0.3 is 0 Å². The lowest BCUT2D eigenvalue weighted by molar-refractivity contribution is -0.119. The van der Waals surface area contributed by atoms with E-state index in [9.17, 15) is 4.79 Å². The van der Waals surface area contributed by atoms with E-state index < -0.39 is 0 Å². The highest BCUT2D eigenvalue weighted by molar-refractivity contribution is 5.78. The van der Waals surface area contributed by atoms with Crippen LogP contribution in [0.1, 0.15) is 19.3 Å². The number of hydrogen-bond donors (Lipinski definition) is 1. The van der Waals surface area contributed by atoms with Gasteiger partial charge in [0.25, 0.3) is 0 Å². The van der Waals surface area contributed by atoms with Gasteiger partial charge in [-0.1, -0.05) is 12.2 Å². The molecular weight excluding hydrogens is 138 g/mol. The van der Waals surface area contributed by atoms with Crippen LogP contribution in [-0.2, 0) is 4.79 Å². The van der Waals surface area contributed by atoms with Gasteiger partial charge in [-0.15, -0.1) is 0 Å². The van der Waals surface area contributed by atoms with Crippen molar-refractivity contribution in [1.29, 1.82) is 0 Å². The van der Waals surface area contributed by atoms with E-state index >= 15 is 0 Å². The summed E-state index contributed by atoms with van der Waals surface area (Å²) in [5, 5.41) is 2.88. The van der Waals surface area contributed by atoms with Gasteiger partial charge in [-0.2, -0.15) is 0 Å². The van der Waals surface area contributed by atoms with Crippen molar-refractivity contribution < 1.29 is 4.79 Å². The first-order valence-electron chi connectivity index (χ1n) is 4.28. The zero-order valence-corrected chi connectivity index (χ0v) is 6.55. The normalized spacial score (nSPS) is 31.3. The Bertz CT molecular complexity index is 190. The minimum absolute atomic E-state index is 0.238. The number of carbonyl (C=O) groups is 1. The molecule has 0 aromatic heterocycles. The number of hydrogen-bond acceptors (Lipinski definition) is 1. The van der Waals surface area contributed by atoms with Crippen LogP contribution in [0.5, 0.6) is 0 Å². The van der Waals surface area contributed by atoms with E-state index in [0.717, 1.165) is 18.9 Å². The maximum absolute atomic E-state index is 10.9. The van der Waals surface area contributed by atoms with Crippen molar-refractivity contribution in [3.63, 3.8) is 0 Å². The van der Waals surface area contributed by atoms with Gasteiger partial charge in [-0.05, 0) is 24.7 Å². The van der Waals surface area contributed by atoms with Gasteiger partial charge < -0.3 is 5.32 Å². The van der Waals surface area contributed by atoms with Gasteiger partial charge in [-0.25, -0.2) is 0 Å². The third-order valence-corrected chi connectivity index (χ3v) is 2.72. The van der Waals surface area contributed by atoms with E-state index in [1.807, 2.05) is 0 Å². The molecule has 1 aliphatic carbocycles. The molecule has 1 saturated heterocycles. The van der Waals surface area contributed by atoms with Gasteiger partial charge in [0, 0.05) is 13.0 Å². The third-order valence-electron chi connectivity index (χ3n) is 2.72. The molecule has 11 heavy (non-hydrogen) atoms. The Labute approximate surface area is 66.7 Å². The Morgan fingerprint density at radius 3 is 2.55 bits per heavy atom. The van der Waals surface area contributed by atoms with E-state index in [0.29, 0.717) is 5.92 Å². The van der Waals surface area contributed by atoms with Crippen molar-refractivity contribution in [2.24, 2.45) is 11.8 Å². The van der Waals surface area contributed by atoms with E-state index in [1.165, 1.54) is 12.8 Å². The predicted octanol–water partition coefficient (Wildman–Crippen LogP) is 1.09. The predicted molar refractivity (Wildman–Crippen MR) is 43.0 cm³/mol. The number of nitrogens with one attached hydrogen (secondary N) is 1. The molecule has 2 nitrogen and oxygen atoms in total. The summed E-state index contributed by atoms with van der Waals surface area (Å²) in [4.78, 5) is 10.9. The molecule has 1 heterocycles. The largest absolute Gasteiger partial charge is 0.356 e. The van der Waals surface area contributed by atoms with Crippen molar-refractivity contribution in [3.05, 3.63) is 12.2 Å². The lowest BCUT2D eigenvalue weighted by Crippen LogP contribution is -2.16. The number of rotatable bonds is 1. The van der Waals surface area contributed by atoms with Crippen LogP contribution in [0.2, 0.25) is 0 Å². The van der Waals surface area contributed by atoms with Crippen LogP contribution in [0, 0.1) is 11.8 Å². The first-order valence-corrected chi connectivity index (χ1v) is 4.28. The van der Waals surface area contributed by atoms with E-state index in [-0.39, 0.29) is 5.91 Å². The van der Waals surface area contributed by atoms with E-state index in [1.54, 1.807) is 0 Å². The van der Waals surface area contributed by atoms with Crippen LogP contribution < -0.4 is 5.32 Å². The first kappa shape index (κ1) is 6.89. The minimum atomic E-state index is 0.238. The van der Waals surface area contributed by atoms with Crippen LogP contribution in [0.25, 0.3) is 0 Å². The highest BCUT2D eigenvalue weighted by Gasteiger charge is 2.29. The van der Waals surface area contributed by atoms with Crippen LogP contribution in [0.15, 0.2) is 12.2 Å². The standard InChI is InChI=1S/C9H13NO/c11-9-5-8(6-10-9)7-3-1-2-4-7/h1-2,7-8H,3-6H2,(H,10,11). The van der Waals surface area contributed by atoms with Gasteiger partial charge in [0.15, 0.2) is 0 Å². The molecule has 1 atom stereocenters. The van der Waals surface area contributed by atoms with Crippen LogP contribution in [-0.4, -0.2) is 12.5 Å². The summed E-state index contributed by atoms with van der Waals surface area (Å²) in [6.07, 6.45) is 7.58. The maximum Gasteiger partial charge on any atom is 0.220 e. The Kier molecular flexibility index (Phi) is 1.68. The summed E-state index contributed by atoms with van der Waals surface area (Å²) in [6, 6.07) is 0. The Morgan fingerprint density at radius 1 is 1.27 bits per heavy atom. The molecule has 2 heteroatoms. The van der Waals surface area contributed by atoms with Crippen LogP contribution in [0.4, 0.5) is 0 Å². The molecule has 1 amide bonds. The molecule has 1 unspecified atom stereocenters. The lowest BCUT2D eigenvalue weighted by atomic mass is 9.90. The molecule has 0 saturated carbocycles. The summed E-state index contributed by atoms with van der Waals surface area (Å²) < 4.78 is 0. The third kappa shape index (κ3) is 1.30. The number of allylic oxidation sites excluding steroid dienone is 2. The Balaban J connectivity index is 1.91. The first-order chi connectivity index (χ1) is 5.36. The van der Waals surface area contributed by atoms with Crippen molar-refractivity contribution >= 4 is 5.91 Å². The minimum Gasteiger partial charge on any atom is -0.356 e. The molecule has 2 rings (SSSR count). The molecule has 0 aromatic carbocycles. The SMILES string of the molecule is O=C1CC(C2CC=CC2)CN1. The fourth-order valence-electron chi connectivity index (χ4n) is 1.98. The molecule has 0 aromatic rings. The molecule has 0 bridgehead atoms. The van der Waals surface area contributed by atoms with Crippen molar-refractivity contribution in [2.45, 2.75) is 19.3 Å². The molecule has 60 valence electrons. The molecule has 1 N–H and O–H groups in total. The number of amides is 1. The van der Waals surface area contributed by atoms with Gasteiger partial charge in [0.2, 0.25) is 5.91 Å². The second-order valence-electron chi connectivity index (χ2n) is 3.47. The average molecular weight is 151 g/mol. The van der Waals surface area contributed by atoms with E-state index in [4.69, 9.17) is 0 Å². The second-order valence-corrected chi connectivity index (χ2v) is 3.47. The molecule has 1 fully saturated rings. The molecule has 0 radical (unpaired) electrons. The average Bonchev–Trinajstić information content (AvgIpc) is 2.55. The summed E-state index contributed by atoms with van der Waals surface area (Å²) in [6.45, 7) is 0.908. The molecular formula is C9H13NO. The fraction of sp³-hybridized carbons (Fsp3) is 0.667. The molecule has 0 spiro atoms. The lowest BCUT2D eigenvalue weighted by Gasteiger charge is -2.14. The monoisotopic (exact) mass is 151 g/mol. The van der Waals surface area contributed by atoms with E-state index in [2.05, 4.69) is 17.5 Å².